The molecule has 1 rings (SSSR count). The minimum Gasteiger partial charge on any atom is -0.272 e. The van der Waals surface area contributed by atoms with Gasteiger partial charge in [-0.15, -0.1) is 0 Å². The Labute approximate surface area is 79.1 Å². The topological polar surface area (TPSA) is 18.8 Å². The fourth-order valence-corrected chi connectivity index (χ4v) is 1.59. The van der Waals surface area contributed by atoms with Crippen LogP contribution in [0.3, 0.4) is 0 Å². The average Bonchev–Trinajstić information content (AvgIpc) is 2.43. The first-order valence-electron chi connectivity index (χ1n) is 4.54. The second-order valence-electron chi connectivity index (χ2n) is 2.98. The normalized spacial score (nSPS) is 22.4. The van der Waals surface area contributed by atoms with E-state index in [9.17, 15) is 0 Å². The van der Waals surface area contributed by atoms with Gasteiger partial charge in [0.2, 0.25) is 0 Å². The third-order valence-electron chi connectivity index (χ3n) is 2.04. The number of hydrazone groups is 1. The van der Waals surface area contributed by atoms with Crippen molar-refractivity contribution in [1.82, 2.24) is 9.43 Å². The molecule has 0 aromatic heterocycles. The third kappa shape index (κ3) is 2.03. The molecule has 0 aliphatic carbocycles. The van der Waals surface area contributed by atoms with Crippen LogP contribution in [-0.4, -0.2) is 28.5 Å². The van der Waals surface area contributed by atoms with Crippen LogP contribution < -0.4 is 0 Å². The number of hydrogen-bond acceptors (Lipinski definition) is 3. The summed E-state index contributed by atoms with van der Waals surface area (Å²) in [7, 11) is 0. The first-order chi connectivity index (χ1) is 5.79. The molecule has 1 unspecified atom stereocenters. The minimum absolute atomic E-state index is 0.262. The zero-order valence-electron chi connectivity index (χ0n) is 7.70. The highest BCUT2D eigenvalue weighted by Gasteiger charge is 2.23. The lowest BCUT2D eigenvalue weighted by molar-refractivity contribution is 0.168. The van der Waals surface area contributed by atoms with Crippen molar-refractivity contribution in [3.63, 3.8) is 0 Å². The highest BCUT2D eigenvalue weighted by Crippen LogP contribution is 2.17. The van der Waals surface area contributed by atoms with Gasteiger partial charge in [0.1, 0.15) is 12.5 Å². The molecule has 1 aliphatic rings. The molecule has 0 N–H and O–H groups in total. The number of halogens is 1. The van der Waals surface area contributed by atoms with Gasteiger partial charge >= 0.3 is 0 Å². The Morgan fingerprint density at radius 1 is 1.50 bits per heavy atom. The maximum Gasteiger partial charge on any atom is 0.134 e. The summed E-state index contributed by atoms with van der Waals surface area (Å²) in [6.07, 6.45) is 5.33. The summed E-state index contributed by atoms with van der Waals surface area (Å²) in [5, 5.41) is 6.26. The Kier molecular flexibility index (Phi) is 3.66. The summed E-state index contributed by atoms with van der Waals surface area (Å²) in [5.41, 5.74) is 0. The van der Waals surface area contributed by atoms with Gasteiger partial charge in [-0.2, -0.15) is 5.10 Å². The molecule has 1 atom stereocenters. The Morgan fingerprint density at radius 3 is 2.83 bits per heavy atom. The first-order valence-corrected chi connectivity index (χ1v) is 4.88. The summed E-state index contributed by atoms with van der Waals surface area (Å²) in [5.74, 6) is 0. The maximum absolute atomic E-state index is 5.89. The van der Waals surface area contributed by atoms with Gasteiger partial charge in [0.15, 0.2) is 0 Å². The predicted octanol–water partition coefficient (Wildman–Crippen LogP) is 2.24. The summed E-state index contributed by atoms with van der Waals surface area (Å²) in [6.45, 7) is 5.31. The molecule has 0 saturated heterocycles. The summed E-state index contributed by atoms with van der Waals surface area (Å²) in [4.78, 5) is 0. The molecular weight excluding hydrogens is 174 g/mol. The third-order valence-corrected chi connectivity index (χ3v) is 2.36. The number of nitrogens with zero attached hydrogens (tertiary/aromatic N) is 3. The summed E-state index contributed by atoms with van der Waals surface area (Å²) >= 11 is 5.89. The molecule has 0 bridgehead atoms. The van der Waals surface area contributed by atoms with Crippen LogP contribution in [0.1, 0.15) is 33.1 Å². The van der Waals surface area contributed by atoms with Gasteiger partial charge in [0.05, 0.1) is 0 Å². The van der Waals surface area contributed by atoms with Crippen molar-refractivity contribution >= 4 is 18.1 Å². The lowest BCUT2D eigenvalue weighted by atomic mass is 10.3. The van der Waals surface area contributed by atoms with Gasteiger partial charge in [-0.05, 0) is 12.8 Å². The number of rotatable bonds is 4. The van der Waals surface area contributed by atoms with Crippen molar-refractivity contribution in [3.05, 3.63) is 0 Å². The quantitative estimate of drug-likeness (QED) is 0.632. The van der Waals surface area contributed by atoms with Crippen LogP contribution in [0, 0.1) is 0 Å². The van der Waals surface area contributed by atoms with Crippen molar-refractivity contribution in [1.29, 1.82) is 0 Å². The number of unbranched alkanes of at least 4 members (excludes halogenated alkanes) is 1. The Hall–Kier alpha value is -0.440. The van der Waals surface area contributed by atoms with Gasteiger partial charge in [0.25, 0.3) is 0 Å². The maximum atomic E-state index is 5.89. The molecule has 0 spiro atoms. The number of hydrogen-bond donors (Lipinski definition) is 0. The fraction of sp³-hybridized carbons (Fsp3) is 0.875. The van der Waals surface area contributed by atoms with Gasteiger partial charge in [-0.3, -0.25) is 5.01 Å². The summed E-state index contributed by atoms with van der Waals surface area (Å²) in [6, 6.07) is 0. The zero-order chi connectivity index (χ0) is 8.97. The SMILES string of the molecule is CCCCN1N=CN(Cl)C1CC. The van der Waals surface area contributed by atoms with Crippen LogP contribution in [0.4, 0.5) is 0 Å². The van der Waals surface area contributed by atoms with Crippen LogP contribution in [0.25, 0.3) is 0 Å². The van der Waals surface area contributed by atoms with Crippen molar-refractivity contribution < 1.29 is 0 Å². The predicted molar refractivity (Wildman–Crippen MR) is 51.9 cm³/mol. The zero-order valence-corrected chi connectivity index (χ0v) is 8.46. The Morgan fingerprint density at radius 2 is 2.25 bits per heavy atom. The molecule has 70 valence electrons. The molecule has 0 amide bonds. The van der Waals surface area contributed by atoms with Crippen molar-refractivity contribution in [2.75, 3.05) is 6.54 Å². The summed E-state index contributed by atoms with van der Waals surface area (Å²) < 4.78 is 1.65. The van der Waals surface area contributed by atoms with E-state index in [2.05, 4.69) is 24.0 Å². The Bertz CT molecular complexity index is 160. The van der Waals surface area contributed by atoms with Crippen molar-refractivity contribution in [2.24, 2.45) is 5.10 Å². The Balaban J connectivity index is 2.38. The van der Waals surface area contributed by atoms with E-state index >= 15 is 0 Å². The molecule has 0 aromatic rings. The second kappa shape index (κ2) is 4.55. The van der Waals surface area contributed by atoms with Crippen LogP contribution in [0.15, 0.2) is 5.10 Å². The fourth-order valence-electron chi connectivity index (χ4n) is 1.31. The minimum atomic E-state index is 0.262. The molecule has 12 heavy (non-hydrogen) atoms. The molecule has 0 aromatic carbocycles. The second-order valence-corrected chi connectivity index (χ2v) is 3.37. The lowest BCUT2D eigenvalue weighted by Crippen LogP contribution is -2.34. The van der Waals surface area contributed by atoms with E-state index in [4.69, 9.17) is 11.8 Å². The molecule has 0 saturated carbocycles. The van der Waals surface area contributed by atoms with E-state index in [1.54, 1.807) is 10.8 Å². The molecule has 1 aliphatic heterocycles. The van der Waals surface area contributed by atoms with Crippen LogP contribution in [-0.2, 0) is 0 Å². The smallest absolute Gasteiger partial charge is 0.134 e. The van der Waals surface area contributed by atoms with E-state index in [1.165, 1.54) is 12.8 Å². The van der Waals surface area contributed by atoms with E-state index in [0.717, 1.165) is 13.0 Å². The first kappa shape index (κ1) is 9.65. The van der Waals surface area contributed by atoms with E-state index < -0.39 is 0 Å². The highest BCUT2D eigenvalue weighted by molar-refractivity contribution is 6.19. The monoisotopic (exact) mass is 189 g/mol. The van der Waals surface area contributed by atoms with E-state index in [1.807, 2.05) is 0 Å². The highest BCUT2D eigenvalue weighted by atomic mass is 35.5. The van der Waals surface area contributed by atoms with Crippen LogP contribution in [0.5, 0.6) is 0 Å². The van der Waals surface area contributed by atoms with Gasteiger partial charge in [0, 0.05) is 18.3 Å². The average molecular weight is 190 g/mol. The molecule has 4 heteroatoms. The van der Waals surface area contributed by atoms with Crippen molar-refractivity contribution in [2.45, 2.75) is 39.3 Å². The molecule has 1 heterocycles. The largest absolute Gasteiger partial charge is 0.272 e. The van der Waals surface area contributed by atoms with Crippen molar-refractivity contribution in [3.8, 4) is 0 Å². The van der Waals surface area contributed by atoms with E-state index in [0.29, 0.717) is 0 Å². The van der Waals surface area contributed by atoms with Crippen LogP contribution in [0.2, 0.25) is 0 Å². The molecular formula is C8H16ClN3. The van der Waals surface area contributed by atoms with Gasteiger partial charge in [-0.1, -0.05) is 20.3 Å². The van der Waals surface area contributed by atoms with Crippen LogP contribution >= 0.6 is 11.8 Å². The molecule has 0 radical (unpaired) electrons. The van der Waals surface area contributed by atoms with E-state index in [-0.39, 0.29) is 6.17 Å². The van der Waals surface area contributed by atoms with Gasteiger partial charge < -0.3 is 0 Å². The molecule has 3 nitrogen and oxygen atoms in total. The van der Waals surface area contributed by atoms with Gasteiger partial charge in [-0.25, -0.2) is 4.42 Å². The standard InChI is InChI=1S/C8H16ClN3/c1-3-5-6-12-8(4-2)11(9)7-10-12/h7-8H,3-6H2,1-2H3. The molecule has 0 fully saturated rings. The lowest BCUT2D eigenvalue weighted by Gasteiger charge is -2.24.